The van der Waals surface area contributed by atoms with Crippen molar-refractivity contribution in [2.45, 2.75) is 38.6 Å². The number of carbonyl (C=O) groups is 1. The van der Waals surface area contributed by atoms with Gasteiger partial charge in [0.15, 0.2) is 0 Å². The highest BCUT2D eigenvalue weighted by atomic mass is 32.1. The van der Waals surface area contributed by atoms with Crippen LogP contribution in [0.2, 0.25) is 0 Å². The van der Waals surface area contributed by atoms with E-state index < -0.39 is 0 Å². The Labute approximate surface area is 162 Å². The van der Waals surface area contributed by atoms with E-state index in [-0.39, 0.29) is 5.91 Å². The van der Waals surface area contributed by atoms with Gasteiger partial charge in [0.1, 0.15) is 11.2 Å². The Morgan fingerprint density at radius 1 is 1.33 bits per heavy atom. The van der Waals surface area contributed by atoms with E-state index in [1.54, 1.807) is 24.5 Å². The van der Waals surface area contributed by atoms with Crippen molar-refractivity contribution in [3.05, 3.63) is 46.4 Å². The van der Waals surface area contributed by atoms with Gasteiger partial charge in [-0.3, -0.25) is 4.79 Å². The molecule has 3 aromatic rings. The van der Waals surface area contributed by atoms with E-state index >= 15 is 0 Å². The summed E-state index contributed by atoms with van der Waals surface area (Å²) in [5, 5.41) is 1.08. The maximum atomic E-state index is 13.1. The van der Waals surface area contributed by atoms with Gasteiger partial charge in [-0.1, -0.05) is 6.42 Å². The van der Waals surface area contributed by atoms with Crippen LogP contribution >= 0.6 is 11.3 Å². The summed E-state index contributed by atoms with van der Waals surface area (Å²) in [7, 11) is 3.40. The Kier molecular flexibility index (Phi) is 4.78. The summed E-state index contributed by atoms with van der Waals surface area (Å²) < 4.78 is 5.16. The quantitative estimate of drug-likeness (QED) is 0.668. The number of rotatable bonds is 5. The lowest BCUT2D eigenvalue weighted by Crippen LogP contribution is -2.26. The van der Waals surface area contributed by atoms with Gasteiger partial charge >= 0.3 is 0 Å². The molecule has 7 heteroatoms. The fourth-order valence-electron chi connectivity index (χ4n) is 3.47. The van der Waals surface area contributed by atoms with E-state index in [0.29, 0.717) is 18.3 Å². The number of aryl methyl sites for hydroxylation is 1. The predicted octanol–water partition coefficient (Wildman–Crippen LogP) is 3.94. The van der Waals surface area contributed by atoms with Gasteiger partial charge in [0.05, 0.1) is 17.7 Å². The summed E-state index contributed by atoms with van der Waals surface area (Å²) in [4.78, 5) is 29.6. The average Bonchev–Trinajstić information content (AvgIpc) is 2.97. The third-order valence-corrected chi connectivity index (χ3v) is 6.40. The standard InChI is InChI=1S/C20H22N4O2S/c1-12-16-17(14-5-4-6-14)22-11-23-19(16)27-18(12)20(25)24(2)10-13-7-8-21-15(9-13)26-3/h7-9,11,14H,4-6,10H2,1-3H3. The van der Waals surface area contributed by atoms with Crippen LogP contribution < -0.4 is 4.74 Å². The van der Waals surface area contributed by atoms with E-state index in [1.165, 1.54) is 30.6 Å². The van der Waals surface area contributed by atoms with Crippen molar-refractivity contribution in [3.63, 3.8) is 0 Å². The van der Waals surface area contributed by atoms with Gasteiger partial charge in [0.25, 0.3) is 5.91 Å². The van der Waals surface area contributed by atoms with Crippen LogP contribution in [0.15, 0.2) is 24.7 Å². The molecule has 0 unspecified atom stereocenters. The molecule has 6 nitrogen and oxygen atoms in total. The molecule has 0 aromatic carbocycles. The number of hydrogen-bond donors (Lipinski definition) is 0. The van der Waals surface area contributed by atoms with Crippen LogP contribution in [0, 0.1) is 6.92 Å². The Balaban J connectivity index is 1.63. The van der Waals surface area contributed by atoms with Gasteiger partial charge in [-0.25, -0.2) is 15.0 Å². The number of hydrogen-bond acceptors (Lipinski definition) is 6. The van der Waals surface area contributed by atoms with Crippen LogP contribution in [0.5, 0.6) is 5.88 Å². The summed E-state index contributed by atoms with van der Waals surface area (Å²) in [5.41, 5.74) is 3.09. The highest BCUT2D eigenvalue weighted by molar-refractivity contribution is 7.20. The van der Waals surface area contributed by atoms with E-state index in [9.17, 15) is 4.79 Å². The molecule has 0 spiro atoms. The molecule has 0 aliphatic heterocycles. The lowest BCUT2D eigenvalue weighted by atomic mass is 9.81. The minimum atomic E-state index is 0.00541. The van der Waals surface area contributed by atoms with Crippen molar-refractivity contribution in [2.24, 2.45) is 0 Å². The molecule has 140 valence electrons. The summed E-state index contributed by atoms with van der Waals surface area (Å²) in [6.07, 6.45) is 6.93. The van der Waals surface area contributed by atoms with Crippen molar-refractivity contribution in [3.8, 4) is 5.88 Å². The van der Waals surface area contributed by atoms with Gasteiger partial charge in [-0.2, -0.15) is 0 Å². The SMILES string of the molecule is COc1cc(CN(C)C(=O)c2sc3ncnc(C4CCC4)c3c2C)ccn1. The molecule has 0 saturated heterocycles. The Morgan fingerprint density at radius 3 is 2.85 bits per heavy atom. The molecule has 0 N–H and O–H groups in total. The minimum absolute atomic E-state index is 0.00541. The molecular weight excluding hydrogens is 360 g/mol. The van der Waals surface area contributed by atoms with Crippen LogP contribution in [0.3, 0.4) is 0 Å². The fourth-order valence-corrected chi connectivity index (χ4v) is 4.62. The molecule has 1 aliphatic carbocycles. The smallest absolute Gasteiger partial charge is 0.264 e. The van der Waals surface area contributed by atoms with Crippen molar-refractivity contribution >= 4 is 27.5 Å². The zero-order chi connectivity index (χ0) is 19.0. The second-order valence-corrected chi connectivity index (χ2v) is 7.99. The molecule has 3 heterocycles. The van der Waals surface area contributed by atoms with Crippen molar-refractivity contribution in [1.82, 2.24) is 19.9 Å². The first-order valence-electron chi connectivity index (χ1n) is 9.07. The van der Waals surface area contributed by atoms with Gasteiger partial charge in [-0.15, -0.1) is 11.3 Å². The summed E-state index contributed by atoms with van der Waals surface area (Å²) in [6, 6.07) is 3.74. The number of methoxy groups -OCH3 is 1. The van der Waals surface area contributed by atoms with E-state index in [0.717, 1.165) is 31.9 Å². The first kappa shape index (κ1) is 17.9. The first-order valence-corrected chi connectivity index (χ1v) is 9.88. The first-order chi connectivity index (χ1) is 13.1. The van der Waals surface area contributed by atoms with E-state index in [4.69, 9.17) is 4.74 Å². The van der Waals surface area contributed by atoms with Crippen LogP contribution in [0.25, 0.3) is 10.2 Å². The zero-order valence-corrected chi connectivity index (χ0v) is 16.5. The van der Waals surface area contributed by atoms with E-state index in [1.807, 2.05) is 26.1 Å². The molecule has 0 radical (unpaired) electrons. The molecule has 1 amide bonds. The number of carbonyl (C=O) groups excluding carboxylic acids is 1. The summed E-state index contributed by atoms with van der Waals surface area (Å²) in [6.45, 7) is 2.51. The normalized spacial score (nSPS) is 14.2. The van der Waals surface area contributed by atoms with Crippen molar-refractivity contribution in [2.75, 3.05) is 14.2 Å². The van der Waals surface area contributed by atoms with Gasteiger partial charge in [0.2, 0.25) is 5.88 Å². The monoisotopic (exact) mass is 382 g/mol. The topological polar surface area (TPSA) is 68.2 Å². The maximum Gasteiger partial charge on any atom is 0.264 e. The molecule has 3 aromatic heterocycles. The second kappa shape index (κ2) is 7.23. The Morgan fingerprint density at radius 2 is 2.15 bits per heavy atom. The van der Waals surface area contributed by atoms with Crippen LogP contribution in [-0.2, 0) is 6.54 Å². The fraction of sp³-hybridized carbons (Fsp3) is 0.400. The lowest BCUT2D eigenvalue weighted by Gasteiger charge is -2.25. The molecule has 1 saturated carbocycles. The maximum absolute atomic E-state index is 13.1. The molecule has 0 atom stereocenters. The summed E-state index contributed by atoms with van der Waals surface area (Å²) >= 11 is 1.47. The average molecular weight is 382 g/mol. The zero-order valence-electron chi connectivity index (χ0n) is 15.7. The Bertz CT molecular complexity index is 997. The molecule has 4 rings (SSSR count). The molecule has 27 heavy (non-hydrogen) atoms. The number of aromatic nitrogens is 3. The third kappa shape index (κ3) is 3.27. The number of pyridine rings is 1. The van der Waals surface area contributed by atoms with Gasteiger partial charge in [0, 0.05) is 37.2 Å². The van der Waals surface area contributed by atoms with E-state index in [2.05, 4.69) is 15.0 Å². The Hall–Kier alpha value is -2.54. The van der Waals surface area contributed by atoms with Crippen LogP contribution in [0.4, 0.5) is 0 Å². The van der Waals surface area contributed by atoms with Gasteiger partial charge < -0.3 is 9.64 Å². The number of ether oxygens (including phenoxy) is 1. The third-order valence-electron chi connectivity index (χ3n) is 5.22. The molecule has 0 bridgehead atoms. The van der Waals surface area contributed by atoms with Crippen molar-refractivity contribution in [1.29, 1.82) is 0 Å². The minimum Gasteiger partial charge on any atom is -0.481 e. The largest absolute Gasteiger partial charge is 0.481 e. The highest BCUT2D eigenvalue weighted by Crippen LogP contribution is 2.41. The van der Waals surface area contributed by atoms with Gasteiger partial charge in [-0.05, 0) is 37.0 Å². The number of amides is 1. The molecular formula is C20H22N4O2S. The van der Waals surface area contributed by atoms with Crippen LogP contribution in [-0.4, -0.2) is 39.9 Å². The molecule has 1 aliphatic rings. The number of fused-ring (bicyclic) bond motifs is 1. The van der Waals surface area contributed by atoms with Crippen molar-refractivity contribution < 1.29 is 9.53 Å². The molecule has 1 fully saturated rings. The predicted molar refractivity (Wildman–Crippen MR) is 105 cm³/mol. The second-order valence-electron chi connectivity index (χ2n) is 6.99. The number of thiophene rings is 1. The van der Waals surface area contributed by atoms with Crippen LogP contribution in [0.1, 0.15) is 51.7 Å². The lowest BCUT2D eigenvalue weighted by molar-refractivity contribution is 0.0789. The highest BCUT2D eigenvalue weighted by Gasteiger charge is 2.27. The number of nitrogens with zero attached hydrogens (tertiary/aromatic N) is 4. The summed E-state index contributed by atoms with van der Waals surface area (Å²) in [5.74, 6) is 1.06.